The standard InChI is InChI=1S/C20H27N5O3/c1-20(2,3)18(27)25-11-9-13(10-12-25)17(26)22-19-21-16(23-24-19)14-7-5-6-8-15(14)28-4/h5-8,13H,9-12H2,1-4H3,(H2,21,22,23,24,26). The first-order chi connectivity index (χ1) is 13.3. The molecular weight excluding hydrogens is 358 g/mol. The van der Waals surface area contributed by atoms with Crippen LogP contribution < -0.4 is 10.1 Å². The molecule has 150 valence electrons. The number of nitrogens with one attached hydrogen (secondary N) is 2. The Morgan fingerprint density at radius 2 is 1.89 bits per heavy atom. The molecule has 8 heteroatoms. The molecule has 1 aromatic carbocycles. The fourth-order valence-corrected chi connectivity index (χ4v) is 3.31. The van der Waals surface area contributed by atoms with E-state index in [1.165, 1.54) is 0 Å². The van der Waals surface area contributed by atoms with Gasteiger partial charge in [-0.2, -0.15) is 4.98 Å². The lowest BCUT2D eigenvalue weighted by Crippen LogP contribution is -2.45. The molecule has 2 heterocycles. The first kappa shape index (κ1) is 19.9. The summed E-state index contributed by atoms with van der Waals surface area (Å²) in [6.45, 7) is 6.92. The van der Waals surface area contributed by atoms with Gasteiger partial charge in [-0.3, -0.25) is 20.0 Å². The number of rotatable bonds is 4. The number of ether oxygens (including phenoxy) is 1. The van der Waals surface area contributed by atoms with Crippen molar-refractivity contribution in [2.24, 2.45) is 11.3 Å². The van der Waals surface area contributed by atoms with Crippen molar-refractivity contribution in [3.8, 4) is 17.1 Å². The lowest BCUT2D eigenvalue weighted by molar-refractivity contribution is -0.142. The minimum atomic E-state index is -0.400. The third-order valence-corrected chi connectivity index (χ3v) is 4.88. The van der Waals surface area contributed by atoms with Crippen molar-refractivity contribution >= 4 is 17.8 Å². The molecule has 0 radical (unpaired) electrons. The number of hydrogen-bond acceptors (Lipinski definition) is 5. The highest BCUT2D eigenvalue weighted by atomic mass is 16.5. The van der Waals surface area contributed by atoms with Crippen molar-refractivity contribution in [3.63, 3.8) is 0 Å². The lowest BCUT2D eigenvalue weighted by Gasteiger charge is -2.35. The fraction of sp³-hybridized carbons (Fsp3) is 0.500. The van der Waals surface area contributed by atoms with Crippen molar-refractivity contribution in [3.05, 3.63) is 24.3 Å². The second kappa shape index (κ2) is 8.00. The van der Waals surface area contributed by atoms with Crippen molar-refractivity contribution < 1.29 is 14.3 Å². The highest BCUT2D eigenvalue weighted by molar-refractivity contribution is 5.91. The number of H-pyrrole nitrogens is 1. The van der Waals surface area contributed by atoms with E-state index in [4.69, 9.17) is 4.74 Å². The first-order valence-electron chi connectivity index (χ1n) is 9.45. The Balaban J connectivity index is 1.59. The van der Waals surface area contributed by atoms with Gasteiger partial charge < -0.3 is 9.64 Å². The maximum atomic E-state index is 12.6. The minimum Gasteiger partial charge on any atom is -0.496 e. The fourth-order valence-electron chi connectivity index (χ4n) is 3.31. The van der Waals surface area contributed by atoms with Crippen molar-refractivity contribution in [1.82, 2.24) is 20.1 Å². The van der Waals surface area contributed by atoms with E-state index in [0.29, 0.717) is 37.5 Å². The SMILES string of the molecule is COc1ccccc1-c1nc(NC(=O)C2CCN(C(=O)C(C)(C)C)CC2)n[nH]1. The molecule has 1 fully saturated rings. The number of nitrogens with zero attached hydrogens (tertiary/aromatic N) is 3. The summed E-state index contributed by atoms with van der Waals surface area (Å²) in [6, 6.07) is 7.46. The Kier molecular flexibility index (Phi) is 5.67. The highest BCUT2D eigenvalue weighted by Crippen LogP contribution is 2.28. The molecular formula is C20H27N5O3. The second-order valence-corrected chi connectivity index (χ2v) is 8.01. The Labute approximate surface area is 164 Å². The van der Waals surface area contributed by atoms with E-state index in [2.05, 4.69) is 20.5 Å². The van der Waals surface area contributed by atoms with Gasteiger partial charge in [0.2, 0.25) is 17.8 Å². The zero-order chi connectivity index (χ0) is 20.3. The summed E-state index contributed by atoms with van der Waals surface area (Å²) in [5.41, 5.74) is 0.371. The Morgan fingerprint density at radius 1 is 1.21 bits per heavy atom. The number of hydrogen-bond donors (Lipinski definition) is 2. The largest absolute Gasteiger partial charge is 0.496 e. The van der Waals surface area contributed by atoms with E-state index in [0.717, 1.165) is 5.56 Å². The predicted molar refractivity (Wildman–Crippen MR) is 106 cm³/mol. The van der Waals surface area contributed by atoms with E-state index in [9.17, 15) is 9.59 Å². The molecule has 2 N–H and O–H groups in total. The number of anilines is 1. The predicted octanol–water partition coefficient (Wildman–Crippen LogP) is 2.70. The van der Waals surface area contributed by atoms with Crippen LogP contribution in [0.15, 0.2) is 24.3 Å². The number of benzene rings is 1. The van der Waals surface area contributed by atoms with E-state index in [-0.39, 0.29) is 23.7 Å². The molecule has 0 spiro atoms. The molecule has 0 aliphatic carbocycles. The summed E-state index contributed by atoms with van der Waals surface area (Å²) in [6.07, 6.45) is 1.27. The molecule has 2 aromatic rings. The third-order valence-electron chi connectivity index (χ3n) is 4.88. The van der Waals surface area contributed by atoms with Crippen LogP contribution in [-0.2, 0) is 9.59 Å². The maximum absolute atomic E-state index is 12.6. The summed E-state index contributed by atoms with van der Waals surface area (Å²) in [5.74, 6) is 1.29. The second-order valence-electron chi connectivity index (χ2n) is 8.01. The summed E-state index contributed by atoms with van der Waals surface area (Å²) in [7, 11) is 1.59. The molecule has 1 saturated heterocycles. The number of aromatic amines is 1. The molecule has 1 aliphatic rings. The van der Waals surface area contributed by atoms with Gasteiger partial charge in [0, 0.05) is 24.4 Å². The molecule has 3 rings (SSSR count). The van der Waals surface area contributed by atoms with Crippen LogP contribution >= 0.6 is 0 Å². The van der Waals surface area contributed by atoms with Gasteiger partial charge in [-0.1, -0.05) is 32.9 Å². The van der Waals surface area contributed by atoms with Gasteiger partial charge in [-0.05, 0) is 25.0 Å². The lowest BCUT2D eigenvalue weighted by atomic mass is 9.91. The maximum Gasteiger partial charge on any atom is 0.249 e. The summed E-state index contributed by atoms with van der Waals surface area (Å²) >= 11 is 0. The summed E-state index contributed by atoms with van der Waals surface area (Å²) in [4.78, 5) is 31.1. The number of carbonyl (C=O) groups is 2. The Hall–Kier alpha value is -2.90. The van der Waals surface area contributed by atoms with Gasteiger partial charge in [-0.25, -0.2) is 0 Å². The van der Waals surface area contributed by atoms with Crippen LogP contribution in [0.3, 0.4) is 0 Å². The molecule has 2 amide bonds. The van der Waals surface area contributed by atoms with Crippen LogP contribution in [-0.4, -0.2) is 52.1 Å². The average Bonchev–Trinajstić information content (AvgIpc) is 3.15. The van der Waals surface area contributed by atoms with E-state index >= 15 is 0 Å². The van der Waals surface area contributed by atoms with Crippen LogP contribution in [0.2, 0.25) is 0 Å². The first-order valence-corrected chi connectivity index (χ1v) is 9.45. The van der Waals surface area contributed by atoms with Crippen LogP contribution in [0.1, 0.15) is 33.6 Å². The normalized spacial score (nSPS) is 15.4. The molecule has 1 aromatic heterocycles. The number of methoxy groups -OCH3 is 1. The average molecular weight is 385 g/mol. The molecule has 8 nitrogen and oxygen atoms in total. The van der Waals surface area contributed by atoms with Gasteiger partial charge >= 0.3 is 0 Å². The van der Waals surface area contributed by atoms with Crippen molar-refractivity contribution in [1.29, 1.82) is 0 Å². The van der Waals surface area contributed by atoms with Crippen LogP contribution in [0.25, 0.3) is 11.4 Å². The molecule has 0 saturated carbocycles. The van der Waals surface area contributed by atoms with Gasteiger partial charge in [0.1, 0.15) is 5.75 Å². The van der Waals surface area contributed by atoms with Crippen molar-refractivity contribution in [2.45, 2.75) is 33.6 Å². The van der Waals surface area contributed by atoms with Gasteiger partial charge in [-0.15, -0.1) is 5.10 Å². The molecule has 1 aliphatic heterocycles. The van der Waals surface area contributed by atoms with Gasteiger partial charge in [0.25, 0.3) is 0 Å². The van der Waals surface area contributed by atoms with E-state index in [1.54, 1.807) is 7.11 Å². The minimum absolute atomic E-state index is 0.117. The van der Waals surface area contributed by atoms with Crippen LogP contribution in [0, 0.1) is 11.3 Å². The van der Waals surface area contributed by atoms with Gasteiger partial charge in [0.15, 0.2) is 5.82 Å². The van der Waals surface area contributed by atoms with Crippen LogP contribution in [0.5, 0.6) is 5.75 Å². The summed E-state index contributed by atoms with van der Waals surface area (Å²) in [5, 5.41) is 9.70. The highest BCUT2D eigenvalue weighted by Gasteiger charge is 2.32. The quantitative estimate of drug-likeness (QED) is 0.843. The van der Waals surface area contributed by atoms with E-state index in [1.807, 2.05) is 49.9 Å². The van der Waals surface area contributed by atoms with Crippen molar-refractivity contribution in [2.75, 3.05) is 25.5 Å². The Morgan fingerprint density at radius 3 is 2.54 bits per heavy atom. The molecule has 28 heavy (non-hydrogen) atoms. The number of piperidine rings is 1. The number of likely N-dealkylation sites (tertiary alicyclic amines) is 1. The van der Waals surface area contributed by atoms with E-state index < -0.39 is 5.41 Å². The number of para-hydroxylation sites is 1. The zero-order valence-electron chi connectivity index (χ0n) is 16.8. The molecule has 0 bridgehead atoms. The van der Waals surface area contributed by atoms with Gasteiger partial charge in [0.05, 0.1) is 12.7 Å². The monoisotopic (exact) mass is 385 g/mol. The molecule has 0 unspecified atom stereocenters. The topological polar surface area (TPSA) is 100 Å². The van der Waals surface area contributed by atoms with Crippen LogP contribution in [0.4, 0.5) is 5.95 Å². The Bertz CT molecular complexity index is 848. The zero-order valence-corrected chi connectivity index (χ0v) is 16.8. The summed E-state index contributed by atoms with van der Waals surface area (Å²) < 4.78 is 5.33. The molecule has 0 atom stereocenters. The number of amides is 2. The number of aromatic nitrogens is 3. The smallest absolute Gasteiger partial charge is 0.249 e. The number of carbonyl (C=O) groups excluding carboxylic acids is 2. The third kappa shape index (κ3) is 4.32.